The Labute approximate surface area is 106 Å². The topological polar surface area (TPSA) is 12.0 Å². The molecule has 1 aromatic rings. The third kappa shape index (κ3) is 4.53. The Morgan fingerprint density at radius 2 is 1.78 bits per heavy atom. The van der Waals surface area contributed by atoms with Crippen molar-refractivity contribution in [1.82, 2.24) is 5.32 Å². The quantitative estimate of drug-likeness (QED) is 0.792. The molecule has 0 aliphatic rings. The highest BCUT2D eigenvalue weighted by molar-refractivity contribution is 5.26. The van der Waals surface area contributed by atoms with Gasteiger partial charge in [-0.05, 0) is 38.5 Å². The molecule has 0 amide bonds. The van der Waals surface area contributed by atoms with Crippen LogP contribution in [0.4, 0.5) is 13.2 Å². The Bertz CT molecular complexity index is 400. The normalized spacial score (nSPS) is 13.2. The number of rotatable bonds is 4. The molecule has 1 unspecified atom stereocenters. The fourth-order valence-corrected chi connectivity index (χ4v) is 1.52. The average molecular weight is 257 g/mol. The fourth-order valence-electron chi connectivity index (χ4n) is 1.52. The lowest BCUT2D eigenvalue weighted by molar-refractivity contribution is -0.137. The number of allylic oxidation sites excluding steroid dienone is 1. The van der Waals surface area contributed by atoms with E-state index in [0.29, 0.717) is 6.54 Å². The fraction of sp³-hybridized carbons (Fsp3) is 0.429. The van der Waals surface area contributed by atoms with Crippen LogP contribution in [0, 0.1) is 0 Å². The Morgan fingerprint density at radius 3 is 2.22 bits per heavy atom. The van der Waals surface area contributed by atoms with E-state index >= 15 is 0 Å². The first-order chi connectivity index (χ1) is 8.30. The van der Waals surface area contributed by atoms with Crippen molar-refractivity contribution in [3.8, 4) is 0 Å². The van der Waals surface area contributed by atoms with E-state index in [2.05, 4.69) is 5.32 Å². The molecule has 0 spiro atoms. The molecule has 100 valence electrons. The maximum Gasteiger partial charge on any atom is 0.416 e. The molecule has 1 aromatic carbocycles. The molecule has 0 heterocycles. The molecule has 4 heteroatoms. The lowest BCUT2D eigenvalue weighted by Gasteiger charge is -2.14. The minimum Gasteiger partial charge on any atom is -0.307 e. The van der Waals surface area contributed by atoms with Gasteiger partial charge in [-0.3, -0.25) is 0 Å². The highest BCUT2D eigenvalue weighted by Crippen LogP contribution is 2.29. The van der Waals surface area contributed by atoms with E-state index in [0.717, 1.165) is 17.7 Å². The second-order valence-electron chi connectivity index (χ2n) is 4.53. The molecule has 0 bridgehead atoms. The van der Waals surface area contributed by atoms with E-state index in [-0.39, 0.29) is 6.04 Å². The van der Waals surface area contributed by atoms with Gasteiger partial charge >= 0.3 is 6.18 Å². The molecule has 0 radical (unpaired) electrons. The summed E-state index contributed by atoms with van der Waals surface area (Å²) in [6.07, 6.45) is -2.22. The van der Waals surface area contributed by atoms with Gasteiger partial charge in [0.1, 0.15) is 0 Å². The molecular formula is C14H18F3N. The molecular weight excluding hydrogens is 239 g/mol. The Balaban J connectivity index is 2.65. The summed E-state index contributed by atoms with van der Waals surface area (Å²) in [7, 11) is 0. The summed E-state index contributed by atoms with van der Waals surface area (Å²) in [5.74, 6) is 0. The zero-order valence-electron chi connectivity index (χ0n) is 10.8. The summed E-state index contributed by atoms with van der Waals surface area (Å²) in [6.45, 7) is 6.65. The first-order valence-electron chi connectivity index (χ1n) is 5.84. The summed E-state index contributed by atoms with van der Waals surface area (Å²) in [5.41, 5.74) is 1.45. The second kappa shape index (κ2) is 6.05. The van der Waals surface area contributed by atoms with Gasteiger partial charge < -0.3 is 5.32 Å². The maximum atomic E-state index is 12.4. The van der Waals surface area contributed by atoms with Crippen LogP contribution in [0.5, 0.6) is 0 Å². The van der Waals surface area contributed by atoms with Crippen LogP contribution in [0.25, 0.3) is 0 Å². The zero-order valence-corrected chi connectivity index (χ0v) is 10.8. The third-order valence-corrected chi connectivity index (χ3v) is 2.67. The van der Waals surface area contributed by atoms with Crippen molar-refractivity contribution in [2.75, 3.05) is 6.54 Å². The van der Waals surface area contributed by atoms with Gasteiger partial charge in [0.15, 0.2) is 0 Å². The first kappa shape index (κ1) is 14.8. The van der Waals surface area contributed by atoms with Gasteiger partial charge in [0.05, 0.1) is 5.56 Å². The lowest BCUT2D eigenvalue weighted by Crippen LogP contribution is -2.18. The summed E-state index contributed by atoms with van der Waals surface area (Å²) >= 11 is 0. The van der Waals surface area contributed by atoms with Gasteiger partial charge in [-0.2, -0.15) is 13.2 Å². The summed E-state index contributed by atoms with van der Waals surface area (Å²) in [6, 6.07) is 5.30. The number of hydrogen-bond acceptors (Lipinski definition) is 1. The number of hydrogen-bond donors (Lipinski definition) is 1. The van der Waals surface area contributed by atoms with E-state index in [1.807, 2.05) is 26.8 Å². The molecule has 0 saturated carbocycles. The number of halogens is 3. The lowest BCUT2D eigenvalue weighted by atomic mass is 10.1. The van der Waals surface area contributed by atoms with Gasteiger partial charge in [0.25, 0.3) is 0 Å². The summed E-state index contributed by atoms with van der Waals surface area (Å²) in [4.78, 5) is 0. The Hall–Kier alpha value is -1.29. The van der Waals surface area contributed by atoms with Crippen LogP contribution in [0.2, 0.25) is 0 Å². The van der Waals surface area contributed by atoms with Crippen LogP contribution >= 0.6 is 0 Å². The average Bonchev–Trinajstić information content (AvgIpc) is 2.27. The second-order valence-corrected chi connectivity index (χ2v) is 4.53. The van der Waals surface area contributed by atoms with E-state index in [1.165, 1.54) is 17.7 Å². The highest BCUT2D eigenvalue weighted by Gasteiger charge is 2.30. The molecule has 0 aliphatic carbocycles. The summed E-state index contributed by atoms with van der Waals surface area (Å²) < 4.78 is 37.2. The van der Waals surface area contributed by atoms with Gasteiger partial charge in [-0.15, -0.1) is 0 Å². The highest BCUT2D eigenvalue weighted by atomic mass is 19.4. The number of alkyl halides is 3. The van der Waals surface area contributed by atoms with Crippen molar-refractivity contribution >= 4 is 0 Å². The number of benzene rings is 1. The van der Waals surface area contributed by atoms with Crippen molar-refractivity contribution in [1.29, 1.82) is 0 Å². The standard InChI is InChI=1S/C14H18F3N/c1-10(2)8-9-18-11(3)12-4-6-13(7-5-12)14(15,16)17/h4-8,11,18H,9H2,1-3H3. The van der Waals surface area contributed by atoms with E-state index in [4.69, 9.17) is 0 Å². The minimum atomic E-state index is -4.27. The maximum absolute atomic E-state index is 12.4. The van der Waals surface area contributed by atoms with Crippen molar-refractivity contribution in [3.05, 3.63) is 47.0 Å². The van der Waals surface area contributed by atoms with Crippen LogP contribution in [-0.2, 0) is 6.18 Å². The van der Waals surface area contributed by atoms with E-state index in [9.17, 15) is 13.2 Å². The van der Waals surface area contributed by atoms with Crippen LogP contribution in [0.15, 0.2) is 35.9 Å². The number of nitrogens with one attached hydrogen (secondary N) is 1. The summed E-state index contributed by atoms with van der Waals surface area (Å²) in [5, 5.41) is 3.23. The van der Waals surface area contributed by atoms with Crippen LogP contribution < -0.4 is 5.32 Å². The van der Waals surface area contributed by atoms with Crippen molar-refractivity contribution in [2.24, 2.45) is 0 Å². The zero-order chi connectivity index (χ0) is 13.8. The minimum absolute atomic E-state index is 0.0304. The van der Waals surface area contributed by atoms with Gasteiger partial charge in [-0.1, -0.05) is 23.8 Å². The molecule has 1 rings (SSSR count). The van der Waals surface area contributed by atoms with E-state index in [1.54, 1.807) is 0 Å². The van der Waals surface area contributed by atoms with Crippen LogP contribution in [0.1, 0.15) is 37.9 Å². The monoisotopic (exact) mass is 257 g/mol. The predicted octanol–water partition coefficient (Wildman–Crippen LogP) is 4.32. The molecule has 18 heavy (non-hydrogen) atoms. The molecule has 1 atom stereocenters. The SMILES string of the molecule is CC(C)=CCNC(C)c1ccc(C(F)(F)F)cc1. The Kier molecular flexibility index (Phi) is 4.96. The molecule has 0 saturated heterocycles. The van der Waals surface area contributed by atoms with Gasteiger partial charge in [0.2, 0.25) is 0 Å². The largest absolute Gasteiger partial charge is 0.416 e. The van der Waals surface area contributed by atoms with Crippen molar-refractivity contribution in [2.45, 2.75) is 33.0 Å². The van der Waals surface area contributed by atoms with Gasteiger partial charge in [-0.25, -0.2) is 0 Å². The first-order valence-corrected chi connectivity index (χ1v) is 5.84. The molecule has 1 nitrogen and oxygen atoms in total. The molecule has 0 aliphatic heterocycles. The Morgan fingerprint density at radius 1 is 1.22 bits per heavy atom. The molecule has 0 aromatic heterocycles. The van der Waals surface area contributed by atoms with Crippen LogP contribution in [0.3, 0.4) is 0 Å². The molecule has 0 fully saturated rings. The van der Waals surface area contributed by atoms with Crippen molar-refractivity contribution in [3.63, 3.8) is 0 Å². The van der Waals surface area contributed by atoms with Crippen molar-refractivity contribution < 1.29 is 13.2 Å². The van der Waals surface area contributed by atoms with Gasteiger partial charge in [0, 0.05) is 12.6 Å². The third-order valence-electron chi connectivity index (χ3n) is 2.67. The van der Waals surface area contributed by atoms with Crippen LogP contribution in [-0.4, -0.2) is 6.54 Å². The van der Waals surface area contributed by atoms with E-state index < -0.39 is 11.7 Å². The molecule has 1 N–H and O–H groups in total. The predicted molar refractivity (Wildman–Crippen MR) is 67.3 cm³/mol. The smallest absolute Gasteiger partial charge is 0.307 e.